The minimum Gasteiger partial charge on any atom is -0.508 e. The van der Waals surface area contributed by atoms with Crippen LogP contribution in [0.3, 0.4) is 0 Å². The monoisotopic (exact) mass is 351 g/mol. The van der Waals surface area contributed by atoms with Crippen LogP contribution in [0.5, 0.6) is 5.75 Å². The number of benzene rings is 3. The molecule has 3 aromatic rings. The van der Waals surface area contributed by atoms with Crippen molar-refractivity contribution in [1.82, 2.24) is 4.90 Å². The van der Waals surface area contributed by atoms with Gasteiger partial charge in [0.15, 0.2) is 0 Å². The average molecular weight is 352 g/mol. The first-order valence-corrected chi connectivity index (χ1v) is 9.32. The number of phenols is 1. The fraction of sp³-hybridized carbons (Fsp3) is 0.273. The third kappa shape index (κ3) is 3.24. The van der Waals surface area contributed by atoms with Crippen LogP contribution in [0.15, 0.2) is 60.7 Å². The van der Waals surface area contributed by atoms with Crippen molar-refractivity contribution in [2.75, 3.05) is 13.1 Å². The van der Waals surface area contributed by atoms with E-state index in [1.165, 1.54) is 24.8 Å². The van der Waals surface area contributed by atoms with E-state index in [9.17, 15) is 5.11 Å². The van der Waals surface area contributed by atoms with Gasteiger partial charge in [-0.1, -0.05) is 60.5 Å². The second kappa shape index (κ2) is 7.07. The largest absolute Gasteiger partial charge is 0.508 e. The van der Waals surface area contributed by atoms with Gasteiger partial charge in [-0.25, -0.2) is 0 Å². The number of aromatic hydroxyl groups is 1. The average Bonchev–Trinajstić information content (AvgIpc) is 2.66. The van der Waals surface area contributed by atoms with Crippen molar-refractivity contribution < 1.29 is 5.11 Å². The highest BCUT2D eigenvalue weighted by Gasteiger charge is 2.27. The number of phenolic OH excluding ortho intramolecular Hbond substituents is 1. The summed E-state index contributed by atoms with van der Waals surface area (Å²) in [7, 11) is 0. The molecule has 0 aliphatic carbocycles. The molecule has 128 valence electrons. The Morgan fingerprint density at radius 3 is 2.32 bits per heavy atom. The van der Waals surface area contributed by atoms with Crippen LogP contribution in [0.25, 0.3) is 10.8 Å². The van der Waals surface area contributed by atoms with Crippen molar-refractivity contribution in [3.63, 3.8) is 0 Å². The summed E-state index contributed by atoms with van der Waals surface area (Å²) in [5, 5.41) is 13.8. The predicted octanol–water partition coefficient (Wildman–Crippen LogP) is 5.77. The number of hydrogen-bond acceptors (Lipinski definition) is 2. The molecule has 1 atom stereocenters. The number of rotatable bonds is 3. The quantitative estimate of drug-likeness (QED) is 0.647. The van der Waals surface area contributed by atoms with Crippen LogP contribution >= 0.6 is 11.6 Å². The van der Waals surface area contributed by atoms with E-state index in [1.807, 2.05) is 36.4 Å². The number of fused-ring (bicyclic) bond motifs is 1. The number of piperidine rings is 1. The Kier molecular flexibility index (Phi) is 4.65. The van der Waals surface area contributed by atoms with Crippen molar-refractivity contribution in [3.8, 4) is 5.75 Å². The van der Waals surface area contributed by atoms with Crippen LogP contribution in [-0.4, -0.2) is 23.1 Å². The maximum atomic E-state index is 10.8. The van der Waals surface area contributed by atoms with Gasteiger partial charge in [0.1, 0.15) is 5.75 Å². The molecule has 1 saturated heterocycles. The van der Waals surface area contributed by atoms with Crippen LogP contribution in [0.1, 0.15) is 36.4 Å². The molecule has 1 unspecified atom stereocenters. The summed E-state index contributed by atoms with van der Waals surface area (Å²) in [5.74, 6) is 0.365. The van der Waals surface area contributed by atoms with Gasteiger partial charge in [-0.2, -0.15) is 0 Å². The molecule has 1 N–H and O–H groups in total. The Morgan fingerprint density at radius 2 is 1.56 bits per heavy atom. The first kappa shape index (κ1) is 16.4. The lowest BCUT2D eigenvalue weighted by atomic mass is 9.90. The van der Waals surface area contributed by atoms with Crippen LogP contribution < -0.4 is 0 Å². The summed E-state index contributed by atoms with van der Waals surface area (Å²) >= 11 is 6.11. The zero-order chi connectivity index (χ0) is 17.2. The number of halogens is 1. The summed E-state index contributed by atoms with van der Waals surface area (Å²) in [6.07, 6.45) is 3.69. The maximum Gasteiger partial charge on any atom is 0.121 e. The Labute approximate surface area is 153 Å². The zero-order valence-electron chi connectivity index (χ0n) is 14.2. The van der Waals surface area contributed by atoms with E-state index in [0.29, 0.717) is 5.75 Å². The first-order chi connectivity index (χ1) is 12.2. The molecule has 3 aromatic carbocycles. The summed E-state index contributed by atoms with van der Waals surface area (Å²) in [6, 6.07) is 20.2. The molecular weight excluding hydrogens is 330 g/mol. The third-order valence-corrected chi connectivity index (χ3v) is 5.41. The van der Waals surface area contributed by atoms with E-state index in [4.69, 9.17) is 11.6 Å². The van der Waals surface area contributed by atoms with Gasteiger partial charge in [0, 0.05) is 10.6 Å². The van der Waals surface area contributed by atoms with Gasteiger partial charge in [-0.15, -0.1) is 0 Å². The molecule has 0 bridgehead atoms. The number of likely N-dealkylation sites (tertiary alicyclic amines) is 1. The van der Waals surface area contributed by atoms with Crippen LogP contribution in [-0.2, 0) is 0 Å². The molecule has 1 heterocycles. The van der Waals surface area contributed by atoms with Crippen molar-refractivity contribution in [1.29, 1.82) is 0 Å². The smallest absolute Gasteiger partial charge is 0.121 e. The Hall–Kier alpha value is -2.03. The molecule has 2 nitrogen and oxygen atoms in total. The molecule has 3 heteroatoms. The molecule has 0 saturated carbocycles. The molecule has 1 aliphatic heterocycles. The summed E-state index contributed by atoms with van der Waals surface area (Å²) in [4.78, 5) is 2.49. The number of hydrogen-bond donors (Lipinski definition) is 1. The van der Waals surface area contributed by atoms with Gasteiger partial charge in [0.05, 0.1) is 6.04 Å². The lowest BCUT2D eigenvalue weighted by molar-refractivity contribution is 0.186. The SMILES string of the molecule is Oc1ccc2ccccc2c1C(c1ccc(Cl)cc1)N1CCCCC1. The van der Waals surface area contributed by atoms with Gasteiger partial charge >= 0.3 is 0 Å². The van der Waals surface area contributed by atoms with E-state index in [-0.39, 0.29) is 6.04 Å². The second-order valence-electron chi connectivity index (χ2n) is 6.77. The fourth-order valence-corrected chi connectivity index (χ4v) is 4.08. The van der Waals surface area contributed by atoms with Crippen LogP contribution in [0.2, 0.25) is 5.02 Å². The van der Waals surface area contributed by atoms with Gasteiger partial charge in [0.2, 0.25) is 0 Å². The minimum absolute atomic E-state index is 0.0451. The third-order valence-electron chi connectivity index (χ3n) is 5.16. The Balaban J connectivity index is 1.91. The van der Waals surface area contributed by atoms with Crippen molar-refractivity contribution in [3.05, 3.63) is 76.8 Å². The lowest BCUT2D eigenvalue weighted by Gasteiger charge is -2.36. The summed E-state index contributed by atoms with van der Waals surface area (Å²) in [5.41, 5.74) is 2.18. The molecule has 0 amide bonds. The van der Waals surface area contributed by atoms with Gasteiger partial charge in [-0.05, 0) is 60.5 Å². The Morgan fingerprint density at radius 1 is 0.840 bits per heavy atom. The fourth-order valence-electron chi connectivity index (χ4n) is 3.95. The second-order valence-corrected chi connectivity index (χ2v) is 7.21. The maximum absolute atomic E-state index is 10.8. The standard InChI is InChI=1S/C22H22ClNO/c23-18-11-8-17(9-12-18)22(24-14-4-1-5-15-24)21-19-7-3-2-6-16(19)10-13-20(21)25/h2-3,6-13,22,25H,1,4-5,14-15H2. The molecule has 1 fully saturated rings. The van der Waals surface area contributed by atoms with Gasteiger partial charge in [-0.3, -0.25) is 4.90 Å². The molecule has 0 spiro atoms. The molecule has 25 heavy (non-hydrogen) atoms. The lowest BCUT2D eigenvalue weighted by Crippen LogP contribution is -2.34. The predicted molar refractivity (Wildman–Crippen MR) is 104 cm³/mol. The van der Waals surface area contributed by atoms with Gasteiger partial charge in [0.25, 0.3) is 0 Å². The number of nitrogens with zero attached hydrogens (tertiary/aromatic N) is 1. The van der Waals surface area contributed by atoms with Crippen LogP contribution in [0, 0.1) is 0 Å². The molecular formula is C22H22ClNO. The Bertz CT molecular complexity index is 869. The highest BCUT2D eigenvalue weighted by molar-refractivity contribution is 6.30. The van der Waals surface area contributed by atoms with E-state index >= 15 is 0 Å². The first-order valence-electron chi connectivity index (χ1n) is 8.94. The van der Waals surface area contributed by atoms with Crippen molar-refractivity contribution >= 4 is 22.4 Å². The van der Waals surface area contributed by atoms with Crippen LogP contribution in [0.4, 0.5) is 0 Å². The molecule has 4 rings (SSSR count). The molecule has 0 aromatic heterocycles. The molecule has 0 radical (unpaired) electrons. The topological polar surface area (TPSA) is 23.5 Å². The van der Waals surface area contributed by atoms with Crippen molar-refractivity contribution in [2.45, 2.75) is 25.3 Å². The summed E-state index contributed by atoms with van der Waals surface area (Å²) in [6.45, 7) is 2.10. The highest BCUT2D eigenvalue weighted by atomic mass is 35.5. The van der Waals surface area contributed by atoms with Crippen molar-refractivity contribution in [2.24, 2.45) is 0 Å². The minimum atomic E-state index is 0.0451. The molecule has 1 aliphatic rings. The highest BCUT2D eigenvalue weighted by Crippen LogP contribution is 2.40. The summed E-state index contributed by atoms with van der Waals surface area (Å²) < 4.78 is 0. The van der Waals surface area contributed by atoms with E-state index in [2.05, 4.69) is 29.2 Å². The van der Waals surface area contributed by atoms with E-state index < -0.39 is 0 Å². The normalized spacial score (nSPS) is 16.8. The van der Waals surface area contributed by atoms with E-state index in [1.54, 1.807) is 0 Å². The van der Waals surface area contributed by atoms with E-state index in [0.717, 1.165) is 34.4 Å². The van der Waals surface area contributed by atoms with Gasteiger partial charge < -0.3 is 5.11 Å². The zero-order valence-corrected chi connectivity index (χ0v) is 14.9.